The minimum Gasteiger partial charge on any atom is -0.492 e. The van der Waals surface area contributed by atoms with E-state index >= 15 is 0 Å². The van der Waals surface area contributed by atoms with Gasteiger partial charge in [0.1, 0.15) is 12.4 Å². The number of nitrogens with zero attached hydrogens (tertiary/aromatic N) is 1. The lowest BCUT2D eigenvalue weighted by atomic mass is 10.1. The highest BCUT2D eigenvalue weighted by molar-refractivity contribution is 5.27. The van der Waals surface area contributed by atoms with Crippen molar-refractivity contribution < 1.29 is 9.47 Å². The Balaban J connectivity index is 1.66. The van der Waals surface area contributed by atoms with E-state index in [2.05, 4.69) is 4.90 Å². The average molecular weight is 264 g/mol. The molecule has 1 aromatic rings. The SMILES string of the molecule is COC1CCN(CCOc2ccc(CN)cc2)CC1. The molecule has 0 unspecified atom stereocenters. The summed E-state index contributed by atoms with van der Waals surface area (Å²) in [5.41, 5.74) is 6.70. The highest BCUT2D eigenvalue weighted by atomic mass is 16.5. The summed E-state index contributed by atoms with van der Waals surface area (Å²) < 4.78 is 11.1. The van der Waals surface area contributed by atoms with Gasteiger partial charge >= 0.3 is 0 Å². The Kier molecular flexibility index (Phi) is 5.63. The number of rotatable bonds is 6. The molecule has 1 fully saturated rings. The zero-order valence-corrected chi connectivity index (χ0v) is 11.7. The van der Waals surface area contributed by atoms with Crippen LogP contribution in [-0.4, -0.2) is 44.4 Å². The monoisotopic (exact) mass is 264 g/mol. The lowest BCUT2D eigenvalue weighted by Crippen LogP contribution is -2.38. The van der Waals surface area contributed by atoms with Crippen LogP contribution in [0.1, 0.15) is 18.4 Å². The predicted octanol–water partition coefficient (Wildman–Crippen LogP) is 1.63. The summed E-state index contributed by atoms with van der Waals surface area (Å²) in [7, 11) is 1.80. The Morgan fingerprint density at radius 3 is 2.47 bits per heavy atom. The summed E-state index contributed by atoms with van der Waals surface area (Å²) >= 11 is 0. The second kappa shape index (κ2) is 7.48. The number of hydrogen-bond acceptors (Lipinski definition) is 4. The summed E-state index contributed by atoms with van der Waals surface area (Å²) in [4.78, 5) is 2.43. The molecule has 0 atom stereocenters. The first-order valence-corrected chi connectivity index (χ1v) is 6.99. The van der Waals surface area contributed by atoms with Crippen molar-refractivity contribution in [3.63, 3.8) is 0 Å². The molecule has 106 valence electrons. The number of ether oxygens (including phenoxy) is 2. The third-order valence-corrected chi connectivity index (χ3v) is 3.70. The maximum atomic E-state index is 5.75. The van der Waals surface area contributed by atoms with Crippen molar-refractivity contribution in [2.45, 2.75) is 25.5 Å². The summed E-state index contributed by atoms with van der Waals surface area (Å²) in [6, 6.07) is 8.00. The molecule has 1 saturated heterocycles. The molecule has 0 saturated carbocycles. The van der Waals surface area contributed by atoms with Crippen LogP contribution in [0, 0.1) is 0 Å². The van der Waals surface area contributed by atoms with Gasteiger partial charge in [0.15, 0.2) is 0 Å². The van der Waals surface area contributed by atoms with Gasteiger partial charge in [-0.15, -0.1) is 0 Å². The largest absolute Gasteiger partial charge is 0.492 e. The van der Waals surface area contributed by atoms with Crippen molar-refractivity contribution in [3.8, 4) is 5.75 Å². The Morgan fingerprint density at radius 1 is 1.21 bits per heavy atom. The predicted molar refractivity (Wildman–Crippen MR) is 76.3 cm³/mol. The van der Waals surface area contributed by atoms with Crippen LogP contribution in [0.25, 0.3) is 0 Å². The van der Waals surface area contributed by atoms with Crippen LogP contribution in [0.3, 0.4) is 0 Å². The first kappa shape index (κ1) is 14.3. The van der Waals surface area contributed by atoms with Crippen molar-refractivity contribution in [2.24, 2.45) is 5.73 Å². The molecule has 0 spiro atoms. The fourth-order valence-corrected chi connectivity index (χ4v) is 2.38. The van der Waals surface area contributed by atoms with Gasteiger partial charge in [-0.2, -0.15) is 0 Å². The lowest BCUT2D eigenvalue weighted by molar-refractivity contribution is 0.0375. The van der Waals surface area contributed by atoms with E-state index < -0.39 is 0 Å². The standard InChI is InChI=1S/C15H24N2O2/c1-18-14-6-8-17(9-7-14)10-11-19-15-4-2-13(12-16)3-5-15/h2-5,14H,6-12,16H2,1H3. The van der Waals surface area contributed by atoms with Crippen molar-refractivity contribution in [1.29, 1.82) is 0 Å². The Hall–Kier alpha value is -1.10. The van der Waals surface area contributed by atoms with Gasteiger partial charge in [0, 0.05) is 33.3 Å². The van der Waals surface area contributed by atoms with Gasteiger partial charge < -0.3 is 15.2 Å². The number of likely N-dealkylation sites (tertiary alicyclic amines) is 1. The number of piperidine rings is 1. The average Bonchev–Trinajstić information content (AvgIpc) is 2.49. The van der Waals surface area contributed by atoms with E-state index in [1.807, 2.05) is 24.3 Å². The smallest absolute Gasteiger partial charge is 0.119 e. The zero-order chi connectivity index (χ0) is 13.5. The van der Waals surface area contributed by atoms with Crippen LogP contribution in [0.2, 0.25) is 0 Å². The lowest BCUT2D eigenvalue weighted by Gasteiger charge is -2.30. The Morgan fingerprint density at radius 2 is 1.89 bits per heavy atom. The minimum atomic E-state index is 0.445. The van der Waals surface area contributed by atoms with Gasteiger partial charge in [0.25, 0.3) is 0 Å². The van der Waals surface area contributed by atoms with Gasteiger partial charge in [-0.3, -0.25) is 4.90 Å². The quantitative estimate of drug-likeness (QED) is 0.848. The van der Waals surface area contributed by atoms with E-state index in [1.165, 1.54) is 0 Å². The van der Waals surface area contributed by atoms with Gasteiger partial charge in [-0.05, 0) is 30.5 Å². The molecule has 1 heterocycles. The van der Waals surface area contributed by atoms with E-state index in [4.69, 9.17) is 15.2 Å². The minimum absolute atomic E-state index is 0.445. The van der Waals surface area contributed by atoms with Gasteiger partial charge in [-0.25, -0.2) is 0 Å². The zero-order valence-electron chi connectivity index (χ0n) is 11.7. The number of hydrogen-bond donors (Lipinski definition) is 1. The first-order valence-electron chi connectivity index (χ1n) is 6.99. The van der Waals surface area contributed by atoms with E-state index in [0.29, 0.717) is 12.6 Å². The normalized spacial score (nSPS) is 17.6. The molecule has 0 amide bonds. The van der Waals surface area contributed by atoms with Crippen molar-refractivity contribution >= 4 is 0 Å². The topological polar surface area (TPSA) is 47.7 Å². The third kappa shape index (κ3) is 4.49. The Bertz CT molecular complexity index is 359. The molecule has 0 radical (unpaired) electrons. The Labute approximate surface area is 115 Å². The summed E-state index contributed by atoms with van der Waals surface area (Å²) in [6.07, 6.45) is 2.70. The fraction of sp³-hybridized carbons (Fsp3) is 0.600. The van der Waals surface area contributed by atoms with Crippen LogP contribution in [0.15, 0.2) is 24.3 Å². The highest BCUT2D eigenvalue weighted by Crippen LogP contribution is 2.14. The van der Waals surface area contributed by atoms with Crippen LogP contribution < -0.4 is 10.5 Å². The van der Waals surface area contributed by atoms with Crippen molar-refractivity contribution in [1.82, 2.24) is 4.90 Å². The molecule has 4 nitrogen and oxygen atoms in total. The molecule has 1 aromatic carbocycles. The second-order valence-electron chi connectivity index (χ2n) is 4.97. The van der Waals surface area contributed by atoms with E-state index in [0.717, 1.165) is 50.4 Å². The van der Waals surface area contributed by atoms with Gasteiger partial charge in [-0.1, -0.05) is 12.1 Å². The van der Waals surface area contributed by atoms with Crippen LogP contribution in [0.5, 0.6) is 5.75 Å². The van der Waals surface area contributed by atoms with Crippen molar-refractivity contribution in [3.05, 3.63) is 29.8 Å². The summed E-state index contributed by atoms with van der Waals surface area (Å²) in [5.74, 6) is 0.920. The van der Waals surface area contributed by atoms with Crippen molar-refractivity contribution in [2.75, 3.05) is 33.4 Å². The van der Waals surface area contributed by atoms with Gasteiger partial charge in [0.2, 0.25) is 0 Å². The van der Waals surface area contributed by atoms with Crippen LogP contribution in [-0.2, 0) is 11.3 Å². The molecular formula is C15H24N2O2. The second-order valence-corrected chi connectivity index (χ2v) is 4.97. The maximum absolute atomic E-state index is 5.75. The van der Waals surface area contributed by atoms with E-state index in [-0.39, 0.29) is 0 Å². The molecule has 4 heteroatoms. The third-order valence-electron chi connectivity index (χ3n) is 3.70. The molecule has 0 aliphatic carbocycles. The molecule has 0 bridgehead atoms. The number of benzene rings is 1. The summed E-state index contributed by atoms with van der Waals surface area (Å²) in [6.45, 7) is 4.51. The van der Waals surface area contributed by atoms with Crippen LogP contribution >= 0.6 is 0 Å². The molecule has 1 aliphatic rings. The molecule has 1 aliphatic heterocycles. The number of nitrogens with two attached hydrogens (primary N) is 1. The first-order chi connectivity index (χ1) is 9.31. The highest BCUT2D eigenvalue weighted by Gasteiger charge is 2.18. The van der Waals surface area contributed by atoms with E-state index in [1.54, 1.807) is 7.11 Å². The molecule has 0 aromatic heterocycles. The molecule has 19 heavy (non-hydrogen) atoms. The maximum Gasteiger partial charge on any atom is 0.119 e. The van der Waals surface area contributed by atoms with Gasteiger partial charge in [0.05, 0.1) is 6.10 Å². The molecular weight excluding hydrogens is 240 g/mol. The van der Waals surface area contributed by atoms with E-state index in [9.17, 15) is 0 Å². The fourth-order valence-electron chi connectivity index (χ4n) is 2.38. The number of methoxy groups -OCH3 is 1. The molecule has 2 N–H and O–H groups in total. The van der Waals surface area contributed by atoms with Crippen LogP contribution in [0.4, 0.5) is 0 Å². The molecule has 2 rings (SSSR count). The summed E-state index contributed by atoms with van der Waals surface area (Å²) in [5, 5.41) is 0.